The van der Waals surface area contributed by atoms with E-state index in [-0.39, 0.29) is 43.0 Å². The summed E-state index contributed by atoms with van der Waals surface area (Å²) in [5.74, 6) is -2.04. The number of aromatic nitrogens is 2. The van der Waals surface area contributed by atoms with E-state index in [1.54, 1.807) is 7.05 Å². The first-order valence-corrected chi connectivity index (χ1v) is 8.71. The van der Waals surface area contributed by atoms with E-state index >= 15 is 0 Å². The van der Waals surface area contributed by atoms with Gasteiger partial charge in [-0.2, -0.15) is 18.3 Å². The summed E-state index contributed by atoms with van der Waals surface area (Å²) >= 11 is 0. The van der Waals surface area contributed by atoms with Crippen molar-refractivity contribution in [3.63, 3.8) is 0 Å². The highest BCUT2D eigenvalue weighted by molar-refractivity contribution is 5.99. The van der Waals surface area contributed by atoms with Crippen LogP contribution in [0.4, 0.5) is 22.0 Å². The zero-order chi connectivity index (χ0) is 20.5. The number of nitrogens with zero attached hydrogens (tertiary/aromatic N) is 4. The molecular formula is C18H19F5N4O. The van der Waals surface area contributed by atoms with E-state index in [2.05, 4.69) is 5.10 Å². The summed E-state index contributed by atoms with van der Waals surface area (Å²) < 4.78 is 66.5. The molecule has 0 bridgehead atoms. The van der Waals surface area contributed by atoms with Gasteiger partial charge in [-0.15, -0.1) is 0 Å². The summed E-state index contributed by atoms with van der Waals surface area (Å²) in [6.45, 7) is -0.294. The van der Waals surface area contributed by atoms with Crippen LogP contribution in [-0.4, -0.2) is 64.4 Å². The van der Waals surface area contributed by atoms with Crippen LogP contribution in [0.3, 0.4) is 0 Å². The van der Waals surface area contributed by atoms with Crippen LogP contribution in [0.1, 0.15) is 16.8 Å². The maximum Gasteiger partial charge on any atom is 0.401 e. The van der Waals surface area contributed by atoms with Crippen LogP contribution in [0.2, 0.25) is 0 Å². The molecule has 0 aliphatic carbocycles. The number of carbonyl (C=O) groups excluding carboxylic acids is 1. The van der Waals surface area contributed by atoms with Crippen molar-refractivity contribution in [2.24, 2.45) is 7.05 Å². The minimum absolute atomic E-state index is 0.0149. The monoisotopic (exact) mass is 402 g/mol. The maximum absolute atomic E-state index is 14.2. The molecular weight excluding hydrogens is 383 g/mol. The van der Waals surface area contributed by atoms with Crippen LogP contribution in [0.15, 0.2) is 24.4 Å². The Balaban J connectivity index is 1.81. The van der Waals surface area contributed by atoms with Gasteiger partial charge in [-0.25, -0.2) is 8.78 Å². The summed E-state index contributed by atoms with van der Waals surface area (Å²) in [6, 6.07) is 2.98. The van der Waals surface area contributed by atoms with Gasteiger partial charge in [0, 0.05) is 51.1 Å². The predicted molar refractivity (Wildman–Crippen MR) is 91.6 cm³/mol. The first-order chi connectivity index (χ1) is 13.1. The van der Waals surface area contributed by atoms with Crippen molar-refractivity contribution in [3.8, 4) is 11.3 Å². The van der Waals surface area contributed by atoms with Crippen molar-refractivity contribution >= 4 is 5.91 Å². The summed E-state index contributed by atoms with van der Waals surface area (Å²) in [5.41, 5.74) is 0.178. The van der Waals surface area contributed by atoms with Gasteiger partial charge < -0.3 is 4.90 Å². The van der Waals surface area contributed by atoms with Crippen LogP contribution < -0.4 is 0 Å². The van der Waals surface area contributed by atoms with Crippen molar-refractivity contribution in [2.45, 2.75) is 12.6 Å². The molecule has 3 rings (SSSR count). The van der Waals surface area contributed by atoms with Crippen molar-refractivity contribution in [2.75, 3.05) is 32.7 Å². The van der Waals surface area contributed by atoms with E-state index in [0.717, 1.165) is 6.07 Å². The second kappa shape index (κ2) is 7.86. The molecule has 1 aromatic heterocycles. The largest absolute Gasteiger partial charge is 0.401 e. The lowest BCUT2D eigenvalue weighted by Crippen LogP contribution is -2.38. The molecule has 0 unspecified atom stereocenters. The van der Waals surface area contributed by atoms with Gasteiger partial charge in [0.25, 0.3) is 5.91 Å². The maximum atomic E-state index is 14.2. The third-order valence-corrected chi connectivity index (χ3v) is 4.52. The highest BCUT2D eigenvalue weighted by Gasteiger charge is 2.32. The molecule has 1 aliphatic heterocycles. The normalized spacial score (nSPS) is 16.3. The van der Waals surface area contributed by atoms with Crippen LogP contribution in [-0.2, 0) is 7.05 Å². The molecule has 1 amide bonds. The molecule has 0 radical (unpaired) electrons. The Morgan fingerprint density at radius 1 is 1.14 bits per heavy atom. The van der Waals surface area contributed by atoms with Crippen molar-refractivity contribution in [1.82, 2.24) is 19.6 Å². The highest BCUT2D eigenvalue weighted by atomic mass is 19.4. The smallest absolute Gasteiger partial charge is 0.337 e. The predicted octanol–water partition coefficient (Wildman–Crippen LogP) is 3.08. The fourth-order valence-electron chi connectivity index (χ4n) is 3.28. The molecule has 0 saturated carbocycles. The van der Waals surface area contributed by atoms with E-state index in [1.807, 2.05) is 0 Å². The molecule has 1 saturated heterocycles. The van der Waals surface area contributed by atoms with Gasteiger partial charge in [0.05, 0.1) is 12.1 Å². The average molecular weight is 402 g/mol. The molecule has 0 N–H and O–H groups in total. The minimum atomic E-state index is -4.30. The molecule has 0 atom stereocenters. The number of aryl methyl sites for hydroxylation is 1. The molecule has 1 fully saturated rings. The van der Waals surface area contributed by atoms with Gasteiger partial charge in [0.15, 0.2) is 0 Å². The van der Waals surface area contributed by atoms with Crippen molar-refractivity contribution < 1.29 is 26.7 Å². The standard InChI is InChI=1S/C18H19F5N4O/c1-25-10-14(16(24-25)13-4-3-12(19)9-15(13)20)17(28)27-6-2-5-26(7-8-27)11-18(21,22)23/h3-4,9-10H,2,5-8,11H2,1H3. The SMILES string of the molecule is Cn1cc(C(=O)N2CCCN(CC(F)(F)F)CC2)c(-c2ccc(F)cc2F)n1. The van der Waals surface area contributed by atoms with E-state index in [4.69, 9.17) is 0 Å². The first-order valence-electron chi connectivity index (χ1n) is 8.71. The van der Waals surface area contributed by atoms with Crippen LogP contribution in [0, 0.1) is 11.6 Å². The zero-order valence-corrected chi connectivity index (χ0v) is 15.1. The van der Waals surface area contributed by atoms with Crippen molar-refractivity contribution in [3.05, 3.63) is 41.6 Å². The third-order valence-electron chi connectivity index (χ3n) is 4.52. The molecule has 10 heteroatoms. The number of amides is 1. The molecule has 28 heavy (non-hydrogen) atoms. The zero-order valence-electron chi connectivity index (χ0n) is 15.1. The molecule has 2 heterocycles. The number of hydrogen-bond donors (Lipinski definition) is 0. The second-order valence-corrected chi connectivity index (χ2v) is 6.73. The van der Waals surface area contributed by atoms with Crippen LogP contribution in [0.25, 0.3) is 11.3 Å². The van der Waals surface area contributed by atoms with E-state index in [9.17, 15) is 26.7 Å². The van der Waals surface area contributed by atoms with Crippen LogP contribution >= 0.6 is 0 Å². The molecule has 5 nitrogen and oxygen atoms in total. The molecule has 152 valence electrons. The molecule has 2 aromatic rings. The lowest BCUT2D eigenvalue weighted by molar-refractivity contribution is -0.145. The van der Waals surface area contributed by atoms with E-state index < -0.39 is 30.3 Å². The van der Waals surface area contributed by atoms with Crippen molar-refractivity contribution in [1.29, 1.82) is 0 Å². The third kappa shape index (κ3) is 4.67. The quantitative estimate of drug-likeness (QED) is 0.741. The molecule has 1 aromatic carbocycles. The summed E-state index contributed by atoms with van der Waals surface area (Å²) in [7, 11) is 1.56. The first kappa shape index (κ1) is 20.2. The minimum Gasteiger partial charge on any atom is -0.337 e. The Kier molecular flexibility index (Phi) is 5.69. The second-order valence-electron chi connectivity index (χ2n) is 6.73. The molecule has 1 aliphatic rings. The Hall–Kier alpha value is -2.49. The summed E-state index contributed by atoms with van der Waals surface area (Å²) in [4.78, 5) is 15.7. The lowest BCUT2D eigenvalue weighted by Gasteiger charge is -2.22. The number of carbonyl (C=O) groups is 1. The average Bonchev–Trinajstić information content (AvgIpc) is 2.82. The van der Waals surface area contributed by atoms with Gasteiger partial charge in [0.2, 0.25) is 0 Å². The summed E-state index contributed by atoms with van der Waals surface area (Å²) in [6.07, 6.45) is -2.48. The van der Waals surface area contributed by atoms with Gasteiger partial charge in [-0.3, -0.25) is 14.4 Å². The Labute approximate surface area is 158 Å². The summed E-state index contributed by atoms with van der Waals surface area (Å²) in [5, 5.41) is 4.12. The fraction of sp³-hybridized carbons (Fsp3) is 0.444. The Bertz CT molecular complexity index is 864. The Morgan fingerprint density at radius 3 is 2.57 bits per heavy atom. The van der Waals surface area contributed by atoms with Gasteiger partial charge in [-0.05, 0) is 18.6 Å². The number of rotatable bonds is 3. The highest BCUT2D eigenvalue weighted by Crippen LogP contribution is 2.27. The number of alkyl halides is 3. The van der Waals surface area contributed by atoms with Crippen LogP contribution in [0.5, 0.6) is 0 Å². The number of halogens is 5. The van der Waals surface area contributed by atoms with E-state index in [0.29, 0.717) is 12.5 Å². The fourth-order valence-corrected chi connectivity index (χ4v) is 3.28. The number of benzene rings is 1. The van der Waals surface area contributed by atoms with E-state index in [1.165, 1.54) is 26.7 Å². The van der Waals surface area contributed by atoms with Gasteiger partial charge in [0.1, 0.15) is 17.3 Å². The van der Waals surface area contributed by atoms with Gasteiger partial charge >= 0.3 is 6.18 Å². The lowest BCUT2D eigenvalue weighted by atomic mass is 10.1. The topological polar surface area (TPSA) is 41.4 Å². The van der Waals surface area contributed by atoms with Gasteiger partial charge in [-0.1, -0.05) is 0 Å². The molecule has 0 spiro atoms. The Morgan fingerprint density at radius 2 is 1.89 bits per heavy atom. The number of hydrogen-bond acceptors (Lipinski definition) is 3.